The first-order valence-corrected chi connectivity index (χ1v) is 12.7. The second-order valence-corrected chi connectivity index (χ2v) is 10.3. The largest absolute Gasteiger partial charge is 0.277 e. The summed E-state index contributed by atoms with van der Waals surface area (Å²) in [5.74, 6) is 1.04. The molecule has 174 valence electrons. The molecule has 0 bridgehead atoms. The van der Waals surface area contributed by atoms with Gasteiger partial charge in [-0.25, -0.2) is 8.42 Å². The molecule has 1 aliphatic heterocycles. The van der Waals surface area contributed by atoms with Crippen LogP contribution in [0.2, 0.25) is 0 Å². The highest BCUT2D eigenvalue weighted by atomic mass is 32.2. The Kier molecular flexibility index (Phi) is 5.32. The second kappa shape index (κ2) is 8.07. The molecule has 1 aliphatic rings. The Bertz CT molecular complexity index is 1530. The van der Waals surface area contributed by atoms with E-state index in [2.05, 4.69) is 15.3 Å². The summed E-state index contributed by atoms with van der Waals surface area (Å²) in [5.41, 5.74) is 1.65. The number of aromatic nitrogens is 6. The summed E-state index contributed by atoms with van der Waals surface area (Å²) in [6.45, 7) is 7.18. The van der Waals surface area contributed by atoms with Gasteiger partial charge in [0, 0.05) is 19.6 Å². The molecule has 4 aromatic rings. The van der Waals surface area contributed by atoms with Gasteiger partial charge in [-0.2, -0.15) is 9.40 Å². The summed E-state index contributed by atoms with van der Waals surface area (Å²) >= 11 is 0. The third-order valence-electron chi connectivity index (χ3n) is 6.41. The van der Waals surface area contributed by atoms with Gasteiger partial charge in [-0.05, 0) is 45.7 Å². The molecule has 0 amide bonds. The molecule has 1 fully saturated rings. The monoisotopic (exact) mass is 469 g/mol. The number of sulfonamides is 1. The minimum absolute atomic E-state index is 0.111. The minimum atomic E-state index is -3.61. The molecular weight excluding hydrogens is 442 g/mol. The van der Waals surface area contributed by atoms with Gasteiger partial charge in [0.2, 0.25) is 15.8 Å². The number of benzene rings is 1. The highest BCUT2D eigenvalue weighted by molar-refractivity contribution is 7.89. The zero-order chi connectivity index (χ0) is 23.3. The van der Waals surface area contributed by atoms with Crippen LogP contribution in [0.5, 0.6) is 0 Å². The van der Waals surface area contributed by atoms with Gasteiger partial charge in [-0.15, -0.1) is 10.2 Å². The summed E-state index contributed by atoms with van der Waals surface area (Å²) < 4.78 is 33.4. The Hall–Kier alpha value is -3.05. The molecule has 10 nitrogen and oxygen atoms in total. The molecule has 1 saturated heterocycles. The van der Waals surface area contributed by atoms with E-state index in [0.717, 1.165) is 19.3 Å². The Morgan fingerprint density at radius 1 is 1.03 bits per heavy atom. The van der Waals surface area contributed by atoms with Crippen molar-refractivity contribution in [2.45, 2.75) is 58.0 Å². The predicted octanol–water partition coefficient (Wildman–Crippen LogP) is 2.10. The first kappa shape index (κ1) is 21.8. The summed E-state index contributed by atoms with van der Waals surface area (Å²) in [5, 5.41) is 13.8. The summed E-state index contributed by atoms with van der Waals surface area (Å²) in [6.07, 6.45) is 2.81. The van der Waals surface area contributed by atoms with Crippen molar-refractivity contribution in [2.24, 2.45) is 0 Å². The maximum atomic E-state index is 13.4. The molecule has 33 heavy (non-hydrogen) atoms. The van der Waals surface area contributed by atoms with Gasteiger partial charge in [0.1, 0.15) is 11.4 Å². The van der Waals surface area contributed by atoms with Crippen LogP contribution >= 0.6 is 0 Å². The average molecular weight is 470 g/mol. The van der Waals surface area contributed by atoms with Crippen LogP contribution < -0.4 is 5.56 Å². The topological polar surface area (TPSA) is 107 Å². The molecule has 0 unspecified atom stereocenters. The third-order valence-corrected chi connectivity index (χ3v) is 8.56. The van der Waals surface area contributed by atoms with Gasteiger partial charge >= 0.3 is 0 Å². The number of aryl methyl sites for hydroxylation is 2. The van der Waals surface area contributed by atoms with Gasteiger partial charge in [0.05, 0.1) is 22.3 Å². The van der Waals surface area contributed by atoms with Crippen molar-refractivity contribution >= 4 is 26.7 Å². The Labute approximate surface area is 191 Å². The lowest BCUT2D eigenvalue weighted by atomic mass is 10.2. The van der Waals surface area contributed by atoms with E-state index in [9.17, 15) is 13.2 Å². The summed E-state index contributed by atoms with van der Waals surface area (Å²) in [4.78, 5) is 13.2. The molecule has 0 spiro atoms. The average Bonchev–Trinajstić information content (AvgIpc) is 3.35. The third kappa shape index (κ3) is 3.37. The van der Waals surface area contributed by atoms with Crippen LogP contribution in [0.4, 0.5) is 0 Å². The highest BCUT2D eigenvalue weighted by Crippen LogP contribution is 2.26. The van der Waals surface area contributed by atoms with E-state index in [1.54, 1.807) is 33.5 Å². The Balaban J connectivity index is 1.63. The number of piperidine rings is 1. The fourth-order valence-corrected chi connectivity index (χ4v) is 6.67. The van der Waals surface area contributed by atoms with Gasteiger partial charge < -0.3 is 0 Å². The van der Waals surface area contributed by atoms with Gasteiger partial charge in [0.15, 0.2) is 5.82 Å². The zero-order valence-electron chi connectivity index (χ0n) is 19.0. The molecule has 0 saturated carbocycles. The van der Waals surface area contributed by atoms with Crippen molar-refractivity contribution in [3.05, 3.63) is 51.8 Å². The Morgan fingerprint density at radius 3 is 2.48 bits per heavy atom. The molecule has 0 aliphatic carbocycles. The van der Waals surface area contributed by atoms with E-state index in [1.165, 1.54) is 0 Å². The van der Waals surface area contributed by atoms with Gasteiger partial charge in [-0.1, -0.05) is 18.6 Å². The Morgan fingerprint density at radius 2 is 1.76 bits per heavy atom. The molecule has 0 N–H and O–H groups in total. The maximum Gasteiger partial charge on any atom is 0.262 e. The second-order valence-electron chi connectivity index (χ2n) is 8.44. The molecule has 0 atom stereocenters. The zero-order valence-corrected chi connectivity index (χ0v) is 19.8. The van der Waals surface area contributed by atoms with Crippen LogP contribution in [-0.4, -0.2) is 54.8 Å². The summed E-state index contributed by atoms with van der Waals surface area (Å²) in [6, 6.07) is 7.36. The van der Waals surface area contributed by atoms with Crippen molar-refractivity contribution in [3.8, 4) is 0 Å². The van der Waals surface area contributed by atoms with Crippen LogP contribution in [0, 0.1) is 13.8 Å². The van der Waals surface area contributed by atoms with Crippen molar-refractivity contribution in [1.29, 1.82) is 0 Å². The van der Waals surface area contributed by atoms with Crippen molar-refractivity contribution < 1.29 is 8.42 Å². The number of hydrogen-bond donors (Lipinski definition) is 0. The van der Waals surface area contributed by atoms with Crippen LogP contribution in [0.1, 0.15) is 43.4 Å². The van der Waals surface area contributed by atoms with Crippen LogP contribution in [0.25, 0.3) is 16.7 Å². The molecule has 3 aromatic heterocycles. The fraction of sp³-hybridized carbons (Fsp3) is 0.455. The van der Waals surface area contributed by atoms with E-state index in [4.69, 9.17) is 0 Å². The lowest BCUT2D eigenvalue weighted by molar-refractivity contribution is 0.346. The first-order valence-electron chi connectivity index (χ1n) is 11.2. The van der Waals surface area contributed by atoms with E-state index in [-0.39, 0.29) is 17.0 Å². The van der Waals surface area contributed by atoms with Crippen molar-refractivity contribution in [3.63, 3.8) is 0 Å². The lowest BCUT2D eigenvalue weighted by Crippen LogP contribution is -2.36. The lowest BCUT2D eigenvalue weighted by Gasteiger charge is -2.25. The van der Waals surface area contributed by atoms with Gasteiger partial charge in [0.25, 0.3) is 5.56 Å². The quantitative estimate of drug-likeness (QED) is 0.443. The highest BCUT2D eigenvalue weighted by Gasteiger charge is 2.32. The number of fused-ring (bicyclic) bond motifs is 3. The van der Waals surface area contributed by atoms with E-state index in [0.29, 0.717) is 53.5 Å². The molecular formula is C22H27N7O3S. The van der Waals surface area contributed by atoms with Gasteiger partial charge in [-0.3, -0.25) is 18.4 Å². The SMILES string of the molecule is CCn1c(=O)c2ccccc2n2c(Cn3nc(C)c(S(=O)(=O)N4CCCCC4)c3C)nnc12. The predicted molar refractivity (Wildman–Crippen MR) is 124 cm³/mol. The van der Waals surface area contributed by atoms with Crippen LogP contribution in [0.15, 0.2) is 34.0 Å². The molecule has 0 radical (unpaired) electrons. The smallest absolute Gasteiger partial charge is 0.262 e. The van der Waals surface area contributed by atoms with E-state index >= 15 is 0 Å². The van der Waals surface area contributed by atoms with Crippen LogP contribution in [-0.2, 0) is 23.1 Å². The normalized spacial score (nSPS) is 15.6. The van der Waals surface area contributed by atoms with E-state index in [1.807, 2.05) is 29.5 Å². The number of rotatable bonds is 5. The molecule has 1 aromatic carbocycles. The van der Waals surface area contributed by atoms with E-state index < -0.39 is 10.0 Å². The molecule has 11 heteroatoms. The number of para-hydroxylation sites is 1. The number of nitrogens with zero attached hydrogens (tertiary/aromatic N) is 7. The molecule has 5 rings (SSSR count). The summed E-state index contributed by atoms with van der Waals surface area (Å²) in [7, 11) is -3.61. The standard InChI is InChI=1S/C22H27N7O3S/c1-4-27-21(30)17-10-6-7-11-18(17)29-19(23-24-22(27)29)14-28-16(3)20(15(2)25-28)33(31,32)26-12-8-5-9-13-26/h6-7,10-11H,4-5,8-9,12-14H2,1-3H3. The first-order chi connectivity index (χ1) is 15.8. The van der Waals surface area contributed by atoms with Crippen molar-refractivity contribution in [1.82, 2.24) is 33.3 Å². The van der Waals surface area contributed by atoms with Crippen LogP contribution in [0.3, 0.4) is 0 Å². The fourth-order valence-electron chi connectivity index (χ4n) is 4.78. The minimum Gasteiger partial charge on any atom is -0.277 e. The maximum absolute atomic E-state index is 13.4. The van der Waals surface area contributed by atoms with Crippen molar-refractivity contribution in [2.75, 3.05) is 13.1 Å². The molecule has 4 heterocycles. The number of hydrogen-bond acceptors (Lipinski definition) is 6.